The summed E-state index contributed by atoms with van der Waals surface area (Å²) in [5, 5.41) is 43.3. The van der Waals surface area contributed by atoms with E-state index in [0.717, 1.165) is 45.1 Å². The van der Waals surface area contributed by atoms with Crippen LogP contribution in [0.5, 0.6) is 0 Å². The van der Waals surface area contributed by atoms with E-state index in [1.807, 2.05) is 0 Å². The Kier molecular flexibility index (Phi) is 27.9. The minimum atomic E-state index is -1.76. The van der Waals surface area contributed by atoms with Crippen LogP contribution >= 0.6 is 0 Å². The van der Waals surface area contributed by atoms with Crippen molar-refractivity contribution in [2.45, 2.75) is 192 Å². The highest BCUT2D eigenvalue weighted by atomic mass is 16.5. The molecule has 8 atom stereocenters. The number of carboxylic acid groups (broad SMARTS) is 1. The Labute approximate surface area is 390 Å². The lowest BCUT2D eigenvalue weighted by Crippen LogP contribution is -2.62. The molecule has 1 fully saturated rings. The number of benzene rings is 1. The number of carbonyl (C=O) groups is 7. The van der Waals surface area contributed by atoms with E-state index in [-0.39, 0.29) is 31.8 Å². The molecule has 0 aliphatic carbocycles. The van der Waals surface area contributed by atoms with Crippen LogP contribution in [0.4, 0.5) is 0 Å². The molecule has 372 valence electrons. The third-order valence-corrected chi connectivity index (χ3v) is 11.8. The van der Waals surface area contributed by atoms with E-state index in [2.05, 4.69) is 31.9 Å². The van der Waals surface area contributed by atoms with Crippen LogP contribution in [-0.4, -0.2) is 113 Å². The van der Waals surface area contributed by atoms with Crippen molar-refractivity contribution in [2.24, 2.45) is 17.4 Å². The molecule has 1 aliphatic rings. The van der Waals surface area contributed by atoms with Crippen molar-refractivity contribution in [3.63, 3.8) is 0 Å². The molecule has 1 aromatic rings. The molecule has 0 radical (unpaired) electrons. The fourth-order valence-corrected chi connectivity index (χ4v) is 7.74. The molecule has 1 saturated heterocycles. The molecule has 1 unspecified atom stereocenters. The Morgan fingerprint density at radius 1 is 0.773 bits per heavy atom. The predicted octanol–water partition coefficient (Wildman–Crippen LogP) is 2.55. The number of rotatable bonds is 28. The van der Waals surface area contributed by atoms with Crippen molar-refractivity contribution in [2.75, 3.05) is 13.1 Å². The lowest BCUT2D eigenvalue weighted by atomic mass is 9.96. The van der Waals surface area contributed by atoms with Crippen LogP contribution in [0.15, 0.2) is 30.3 Å². The molecular formula is C47H79N9O10. The second-order valence-electron chi connectivity index (χ2n) is 17.5. The maximum Gasteiger partial charge on any atom is 0.329 e. The molecule has 0 bridgehead atoms. The number of esters is 1. The zero-order valence-corrected chi connectivity index (χ0v) is 39.4. The SMILES string of the molecule is CC[C@@H](C)[C@@H]1NC(=O)[C@@H](Cc2ccccc2)NC(=O)[C@@H](NC(=O)CC(O)CCCCCCCCCCCCCCCCNC(=N)N)[C@@H](C)OC(=O)[C@H](CC(=O)O)NC(=O)[C@H](CCN)NC1=O. The fraction of sp³-hybridized carbons (Fsp3) is 0.702. The summed E-state index contributed by atoms with van der Waals surface area (Å²) in [5.41, 5.74) is 11.7. The van der Waals surface area contributed by atoms with Crippen molar-refractivity contribution in [1.82, 2.24) is 31.9 Å². The van der Waals surface area contributed by atoms with E-state index in [1.54, 1.807) is 44.2 Å². The van der Waals surface area contributed by atoms with E-state index in [0.29, 0.717) is 24.8 Å². The highest BCUT2D eigenvalue weighted by Crippen LogP contribution is 2.16. The molecule has 66 heavy (non-hydrogen) atoms. The Bertz CT molecular complexity index is 1670. The molecule has 1 heterocycles. The Morgan fingerprint density at radius 3 is 1.85 bits per heavy atom. The molecule has 1 aromatic carbocycles. The number of cyclic esters (lactones) is 1. The van der Waals surface area contributed by atoms with Gasteiger partial charge in [0.15, 0.2) is 5.96 Å². The smallest absolute Gasteiger partial charge is 0.329 e. The van der Waals surface area contributed by atoms with Gasteiger partial charge >= 0.3 is 11.9 Å². The van der Waals surface area contributed by atoms with Crippen molar-refractivity contribution >= 4 is 47.4 Å². The van der Waals surface area contributed by atoms with Crippen molar-refractivity contribution < 1.29 is 48.5 Å². The molecule has 13 N–H and O–H groups in total. The number of carbonyl (C=O) groups excluding carboxylic acids is 6. The maximum atomic E-state index is 14.2. The van der Waals surface area contributed by atoms with Crippen LogP contribution in [-0.2, 0) is 44.7 Å². The van der Waals surface area contributed by atoms with Crippen LogP contribution in [0.3, 0.4) is 0 Å². The zero-order chi connectivity index (χ0) is 48.9. The van der Waals surface area contributed by atoms with Crippen molar-refractivity contribution in [3.05, 3.63) is 35.9 Å². The normalized spacial score (nSPS) is 21.9. The van der Waals surface area contributed by atoms with E-state index in [4.69, 9.17) is 21.6 Å². The first-order valence-corrected chi connectivity index (χ1v) is 24.0. The first-order chi connectivity index (χ1) is 31.6. The van der Waals surface area contributed by atoms with Gasteiger partial charge in [0.25, 0.3) is 0 Å². The minimum absolute atomic E-state index is 0.0231. The standard InChI is InChI=1S/C47H79N9O10/c1-4-31(2)40-44(63)52-35(25-26-48)42(61)54-37(30-39(59)60)46(65)66-32(3)41(45(64)53-36(43(62)56-40)28-33-22-18-17-19-23-33)55-38(58)29-34(57)24-20-15-13-11-9-7-5-6-8-10-12-14-16-21-27-51-47(49)50/h17-19,22-23,31-32,34-37,40-41,57H,4-16,20-21,24-30,48H2,1-3H3,(H,52,63)(H,53,64)(H,54,61)(H,55,58)(H,56,62)(H,59,60)(H4,49,50,51)/t31-,32-,34?,35+,36-,37+,40+,41+/m1/s1. The summed E-state index contributed by atoms with van der Waals surface area (Å²) >= 11 is 0. The lowest BCUT2D eigenvalue weighted by Gasteiger charge is -2.31. The first kappa shape index (κ1) is 56.8. The minimum Gasteiger partial charge on any atom is -0.481 e. The van der Waals surface area contributed by atoms with Gasteiger partial charge in [0, 0.05) is 13.0 Å². The third-order valence-electron chi connectivity index (χ3n) is 11.8. The van der Waals surface area contributed by atoms with Gasteiger partial charge in [-0.3, -0.25) is 34.2 Å². The molecule has 19 heteroatoms. The van der Waals surface area contributed by atoms with Crippen LogP contribution in [0, 0.1) is 11.3 Å². The van der Waals surface area contributed by atoms with Gasteiger partial charge in [-0.1, -0.05) is 134 Å². The van der Waals surface area contributed by atoms with Gasteiger partial charge in [0.05, 0.1) is 18.9 Å². The number of ether oxygens (including phenoxy) is 1. The van der Waals surface area contributed by atoms with Gasteiger partial charge in [-0.2, -0.15) is 0 Å². The number of aliphatic hydroxyl groups is 1. The van der Waals surface area contributed by atoms with E-state index < -0.39 is 96.2 Å². The van der Waals surface area contributed by atoms with Gasteiger partial charge < -0.3 is 58.3 Å². The highest BCUT2D eigenvalue weighted by molar-refractivity contribution is 5.97. The number of guanidine groups is 1. The molecule has 5 amide bonds. The number of hydrogen-bond donors (Lipinski definition) is 11. The molecule has 19 nitrogen and oxygen atoms in total. The maximum absolute atomic E-state index is 14.2. The van der Waals surface area contributed by atoms with Gasteiger partial charge in [-0.15, -0.1) is 0 Å². The van der Waals surface area contributed by atoms with E-state index in [1.165, 1.54) is 51.9 Å². The number of hydrogen-bond acceptors (Lipinski definition) is 11. The molecule has 1 aliphatic heterocycles. The number of aliphatic hydroxyl groups excluding tert-OH is 1. The largest absolute Gasteiger partial charge is 0.481 e. The van der Waals surface area contributed by atoms with Gasteiger partial charge in [0.1, 0.15) is 36.3 Å². The second-order valence-corrected chi connectivity index (χ2v) is 17.5. The molecule has 0 spiro atoms. The average Bonchev–Trinajstić information content (AvgIpc) is 3.26. The van der Waals surface area contributed by atoms with Gasteiger partial charge in [0.2, 0.25) is 29.5 Å². The summed E-state index contributed by atoms with van der Waals surface area (Å²) in [7, 11) is 0. The number of nitrogens with one attached hydrogen (secondary N) is 7. The fourth-order valence-electron chi connectivity index (χ4n) is 7.74. The van der Waals surface area contributed by atoms with Crippen LogP contribution in [0.25, 0.3) is 0 Å². The molecule has 2 rings (SSSR count). The monoisotopic (exact) mass is 930 g/mol. The average molecular weight is 930 g/mol. The summed E-state index contributed by atoms with van der Waals surface area (Å²) in [6.07, 6.45) is 12.3. The summed E-state index contributed by atoms with van der Waals surface area (Å²) in [5.74, 6) is -7.20. The number of nitrogens with two attached hydrogens (primary N) is 2. The van der Waals surface area contributed by atoms with E-state index >= 15 is 0 Å². The molecular weight excluding hydrogens is 851 g/mol. The number of unbranched alkanes of at least 4 members (excludes halogenated alkanes) is 13. The Balaban J connectivity index is 2.12. The third kappa shape index (κ3) is 23.2. The highest BCUT2D eigenvalue weighted by Gasteiger charge is 2.38. The number of carboxylic acids is 1. The number of aliphatic carboxylic acids is 1. The lowest BCUT2D eigenvalue weighted by molar-refractivity contribution is -0.158. The summed E-state index contributed by atoms with van der Waals surface area (Å²) in [4.78, 5) is 94.4. The Hall–Kier alpha value is -5.30. The topological polar surface area (TPSA) is 317 Å². The molecule has 0 saturated carbocycles. The van der Waals surface area contributed by atoms with E-state index in [9.17, 15) is 43.8 Å². The van der Waals surface area contributed by atoms with Gasteiger partial charge in [-0.05, 0) is 44.2 Å². The molecule has 0 aromatic heterocycles. The summed E-state index contributed by atoms with van der Waals surface area (Å²) < 4.78 is 5.55. The van der Waals surface area contributed by atoms with Crippen molar-refractivity contribution in [3.8, 4) is 0 Å². The summed E-state index contributed by atoms with van der Waals surface area (Å²) in [6, 6.07) is 1.55. The number of amides is 5. The second kappa shape index (κ2) is 32.4. The Morgan fingerprint density at radius 2 is 1.30 bits per heavy atom. The van der Waals surface area contributed by atoms with Crippen LogP contribution in [0.1, 0.15) is 148 Å². The van der Waals surface area contributed by atoms with Crippen molar-refractivity contribution in [1.29, 1.82) is 5.41 Å². The van der Waals surface area contributed by atoms with Gasteiger partial charge in [-0.25, -0.2) is 4.79 Å². The van der Waals surface area contributed by atoms with Crippen LogP contribution in [0.2, 0.25) is 0 Å². The zero-order valence-electron chi connectivity index (χ0n) is 39.4. The van der Waals surface area contributed by atoms with Crippen LogP contribution < -0.4 is 43.4 Å². The summed E-state index contributed by atoms with van der Waals surface area (Å²) in [6.45, 7) is 5.51. The quantitative estimate of drug-likeness (QED) is 0.0250. The predicted molar refractivity (Wildman–Crippen MR) is 251 cm³/mol. The first-order valence-electron chi connectivity index (χ1n) is 24.0.